The smallest absolute Gasteiger partial charge is 0.312 e. The third-order valence-electron chi connectivity index (χ3n) is 3.15. The van der Waals surface area contributed by atoms with Crippen molar-refractivity contribution in [1.82, 2.24) is 0 Å². The molecule has 0 atom stereocenters. The van der Waals surface area contributed by atoms with Gasteiger partial charge < -0.3 is 4.84 Å². The molecule has 104 valence electrons. The first-order valence-electron chi connectivity index (χ1n) is 6.47. The fraction of sp³-hybridized carbons (Fsp3) is 0.0588. The van der Waals surface area contributed by atoms with Crippen LogP contribution in [-0.2, 0) is 9.63 Å². The first-order chi connectivity index (χ1) is 10.1. The number of hydrogen-bond acceptors (Lipinski definition) is 3. The van der Waals surface area contributed by atoms with Crippen LogP contribution in [0, 0.1) is 12.7 Å². The first-order valence-corrected chi connectivity index (χ1v) is 6.47. The van der Waals surface area contributed by atoms with Gasteiger partial charge >= 0.3 is 5.97 Å². The largest absolute Gasteiger partial charge is 0.368 e. The molecule has 1 aliphatic rings. The Morgan fingerprint density at radius 3 is 2.71 bits per heavy atom. The molecule has 0 N–H and O–H groups in total. The van der Waals surface area contributed by atoms with Crippen LogP contribution >= 0.6 is 0 Å². The molecule has 0 saturated heterocycles. The van der Waals surface area contributed by atoms with Gasteiger partial charge in [0.1, 0.15) is 11.5 Å². The summed E-state index contributed by atoms with van der Waals surface area (Å²) in [4.78, 5) is 16.6. The maximum Gasteiger partial charge on any atom is 0.368 e. The van der Waals surface area contributed by atoms with Gasteiger partial charge in [0.25, 0.3) is 0 Å². The predicted octanol–water partition coefficient (Wildman–Crippen LogP) is 3.48. The fourth-order valence-corrected chi connectivity index (χ4v) is 2.17. The molecule has 2 aromatic rings. The molecule has 0 spiro atoms. The minimum atomic E-state index is -0.532. The summed E-state index contributed by atoms with van der Waals surface area (Å²) in [6.45, 7) is 1.96. The van der Waals surface area contributed by atoms with E-state index >= 15 is 0 Å². The minimum absolute atomic E-state index is 0.325. The number of carbonyl (C=O) groups is 1. The van der Waals surface area contributed by atoms with Gasteiger partial charge in [0.15, 0.2) is 0 Å². The van der Waals surface area contributed by atoms with E-state index in [-0.39, 0.29) is 5.82 Å². The minimum Gasteiger partial charge on any atom is -0.312 e. The average molecular weight is 281 g/mol. The maximum absolute atomic E-state index is 13.2. The van der Waals surface area contributed by atoms with Crippen LogP contribution in [0.1, 0.15) is 16.7 Å². The van der Waals surface area contributed by atoms with Crippen molar-refractivity contribution in [3.8, 4) is 0 Å². The summed E-state index contributed by atoms with van der Waals surface area (Å²) < 4.78 is 13.2. The van der Waals surface area contributed by atoms with Crippen molar-refractivity contribution in [2.45, 2.75) is 6.92 Å². The molecule has 0 radical (unpaired) electrons. The van der Waals surface area contributed by atoms with E-state index in [2.05, 4.69) is 5.16 Å². The van der Waals surface area contributed by atoms with Gasteiger partial charge in [-0.05, 0) is 36.8 Å². The Balaban J connectivity index is 2.04. The number of carbonyl (C=O) groups excluding carboxylic acids is 1. The molecule has 1 heterocycles. The lowest BCUT2D eigenvalue weighted by molar-refractivity contribution is -0.136. The molecule has 0 saturated carbocycles. The standard InChI is InChI=1S/C17H12FNO2/c1-11-4-2-6-13(8-11)16-15(17(20)21-19-16)10-12-5-3-7-14(18)9-12/h2-10H,1H3. The molecular weight excluding hydrogens is 269 g/mol. The van der Waals surface area contributed by atoms with Crippen LogP contribution < -0.4 is 0 Å². The van der Waals surface area contributed by atoms with Crippen LogP contribution in [0.3, 0.4) is 0 Å². The van der Waals surface area contributed by atoms with Gasteiger partial charge in [-0.3, -0.25) is 0 Å². The van der Waals surface area contributed by atoms with E-state index in [4.69, 9.17) is 4.84 Å². The quantitative estimate of drug-likeness (QED) is 0.624. The molecule has 0 bridgehead atoms. The van der Waals surface area contributed by atoms with Gasteiger partial charge in [-0.15, -0.1) is 0 Å². The zero-order valence-corrected chi connectivity index (χ0v) is 11.3. The van der Waals surface area contributed by atoms with Crippen LogP contribution in [0.5, 0.6) is 0 Å². The number of hydrogen-bond donors (Lipinski definition) is 0. The van der Waals surface area contributed by atoms with Crippen molar-refractivity contribution in [2.75, 3.05) is 0 Å². The van der Waals surface area contributed by atoms with E-state index in [9.17, 15) is 9.18 Å². The van der Waals surface area contributed by atoms with Crippen LogP contribution in [0.25, 0.3) is 6.08 Å². The highest BCUT2D eigenvalue weighted by atomic mass is 19.1. The molecule has 1 aliphatic heterocycles. The topological polar surface area (TPSA) is 38.7 Å². The molecule has 0 fully saturated rings. The van der Waals surface area contributed by atoms with E-state index in [1.165, 1.54) is 12.1 Å². The van der Waals surface area contributed by atoms with Gasteiger partial charge in [-0.2, -0.15) is 0 Å². The van der Waals surface area contributed by atoms with Crippen LogP contribution in [0.4, 0.5) is 4.39 Å². The second-order valence-corrected chi connectivity index (χ2v) is 4.80. The predicted molar refractivity (Wildman–Crippen MR) is 78.2 cm³/mol. The fourth-order valence-electron chi connectivity index (χ4n) is 2.17. The summed E-state index contributed by atoms with van der Waals surface area (Å²) in [5, 5.41) is 3.83. The zero-order valence-electron chi connectivity index (χ0n) is 11.3. The highest BCUT2D eigenvalue weighted by Gasteiger charge is 2.26. The lowest BCUT2D eigenvalue weighted by Crippen LogP contribution is -2.07. The molecule has 0 unspecified atom stereocenters. The Morgan fingerprint density at radius 2 is 1.95 bits per heavy atom. The van der Waals surface area contributed by atoms with E-state index in [0.29, 0.717) is 16.8 Å². The third kappa shape index (κ3) is 2.74. The number of oxime groups is 1. The number of rotatable bonds is 2. The highest BCUT2D eigenvalue weighted by Crippen LogP contribution is 2.21. The molecule has 4 heteroatoms. The molecule has 2 aromatic carbocycles. The Kier molecular flexibility index (Phi) is 3.36. The molecular formula is C17H12FNO2. The summed E-state index contributed by atoms with van der Waals surface area (Å²) in [7, 11) is 0. The number of nitrogens with zero attached hydrogens (tertiary/aromatic N) is 1. The lowest BCUT2D eigenvalue weighted by Gasteiger charge is -2.02. The monoisotopic (exact) mass is 281 g/mol. The van der Waals surface area contributed by atoms with Crippen molar-refractivity contribution in [3.05, 3.63) is 76.6 Å². The van der Waals surface area contributed by atoms with E-state index in [1.807, 2.05) is 31.2 Å². The molecule has 3 rings (SSSR count). The lowest BCUT2D eigenvalue weighted by atomic mass is 9.99. The van der Waals surface area contributed by atoms with Gasteiger partial charge in [0.05, 0.1) is 5.57 Å². The molecule has 21 heavy (non-hydrogen) atoms. The summed E-state index contributed by atoms with van der Waals surface area (Å²) in [6, 6.07) is 13.6. The van der Waals surface area contributed by atoms with Crippen molar-refractivity contribution in [3.63, 3.8) is 0 Å². The van der Waals surface area contributed by atoms with Crippen LogP contribution in [-0.4, -0.2) is 11.7 Å². The SMILES string of the molecule is Cc1cccc(C2=NOC(=O)C2=Cc2cccc(F)c2)c1. The van der Waals surface area contributed by atoms with Crippen LogP contribution in [0.15, 0.2) is 59.3 Å². The van der Waals surface area contributed by atoms with Crippen molar-refractivity contribution in [2.24, 2.45) is 5.16 Å². The van der Waals surface area contributed by atoms with Crippen molar-refractivity contribution < 1.29 is 14.0 Å². The molecule has 3 nitrogen and oxygen atoms in total. The first kappa shape index (κ1) is 13.2. The number of benzene rings is 2. The average Bonchev–Trinajstić information content (AvgIpc) is 2.80. The maximum atomic E-state index is 13.2. The Labute approximate surface area is 121 Å². The van der Waals surface area contributed by atoms with Gasteiger partial charge in [-0.25, -0.2) is 9.18 Å². The zero-order chi connectivity index (χ0) is 14.8. The van der Waals surface area contributed by atoms with Crippen LogP contribution in [0.2, 0.25) is 0 Å². The number of aryl methyl sites for hydroxylation is 1. The van der Waals surface area contributed by atoms with Crippen molar-refractivity contribution >= 4 is 17.8 Å². The molecule has 0 aliphatic carbocycles. The van der Waals surface area contributed by atoms with Gasteiger partial charge in [0, 0.05) is 5.56 Å². The number of halogens is 1. The molecule has 0 amide bonds. The highest BCUT2D eigenvalue weighted by molar-refractivity contribution is 6.31. The normalized spacial score (nSPS) is 16.0. The van der Waals surface area contributed by atoms with E-state index in [0.717, 1.165) is 11.1 Å². The summed E-state index contributed by atoms with van der Waals surface area (Å²) >= 11 is 0. The van der Waals surface area contributed by atoms with Gasteiger partial charge in [-0.1, -0.05) is 41.1 Å². The van der Waals surface area contributed by atoms with Gasteiger partial charge in [0.2, 0.25) is 0 Å². The van der Waals surface area contributed by atoms with Crippen molar-refractivity contribution in [1.29, 1.82) is 0 Å². The summed E-state index contributed by atoms with van der Waals surface area (Å²) in [5.74, 6) is -0.888. The van der Waals surface area contributed by atoms with E-state index in [1.54, 1.807) is 18.2 Å². The molecule has 0 aromatic heterocycles. The second-order valence-electron chi connectivity index (χ2n) is 4.80. The Bertz CT molecular complexity index is 778. The third-order valence-corrected chi connectivity index (χ3v) is 3.15. The summed E-state index contributed by atoms with van der Waals surface area (Å²) in [6.07, 6.45) is 1.58. The van der Waals surface area contributed by atoms with E-state index < -0.39 is 5.97 Å². The summed E-state index contributed by atoms with van der Waals surface area (Å²) in [5.41, 5.74) is 3.23. The Hall–Kier alpha value is -2.75. The Morgan fingerprint density at radius 1 is 1.14 bits per heavy atom. The second kappa shape index (κ2) is 5.32.